The maximum Gasteiger partial charge on any atom is 0.159 e. The fraction of sp³-hybridized carbons (Fsp3) is 0.250. The van der Waals surface area contributed by atoms with Gasteiger partial charge >= 0.3 is 0 Å². The van der Waals surface area contributed by atoms with Gasteiger partial charge in [0.15, 0.2) is 11.6 Å². The summed E-state index contributed by atoms with van der Waals surface area (Å²) in [7, 11) is 0. The highest BCUT2D eigenvalue weighted by atomic mass is 19.2. The molecule has 106 valence electrons. The van der Waals surface area contributed by atoms with Gasteiger partial charge in [0.1, 0.15) is 5.75 Å². The summed E-state index contributed by atoms with van der Waals surface area (Å²) in [5.74, 6) is -0.932. The van der Waals surface area contributed by atoms with Gasteiger partial charge in [0.2, 0.25) is 0 Å². The third-order valence-corrected chi connectivity index (χ3v) is 2.72. The first kappa shape index (κ1) is 14.3. The van der Waals surface area contributed by atoms with E-state index in [4.69, 9.17) is 4.74 Å². The summed E-state index contributed by atoms with van der Waals surface area (Å²) >= 11 is 0. The lowest BCUT2D eigenvalue weighted by molar-refractivity contribution is 0.243. The van der Waals surface area contributed by atoms with Crippen LogP contribution in [0.1, 0.15) is 19.4 Å². The number of benzene rings is 2. The largest absolute Gasteiger partial charge is 0.489 e. The van der Waals surface area contributed by atoms with Crippen molar-refractivity contribution in [2.75, 3.05) is 5.32 Å². The summed E-state index contributed by atoms with van der Waals surface area (Å²) in [6.07, 6.45) is 0.0706. The highest BCUT2D eigenvalue weighted by Crippen LogP contribution is 2.25. The highest BCUT2D eigenvalue weighted by molar-refractivity contribution is 5.56. The maximum absolute atomic E-state index is 13.1. The summed E-state index contributed by atoms with van der Waals surface area (Å²) in [6, 6.07) is 11.4. The van der Waals surface area contributed by atoms with Crippen LogP contribution in [0.5, 0.6) is 5.75 Å². The molecule has 0 saturated heterocycles. The molecule has 0 bridgehead atoms. The Balaban J connectivity index is 2.08. The van der Waals surface area contributed by atoms with Crippen LogP contribution in [-0.2, 0) is 6.54 Å². The Kier molecular flexibility index (Phi) is 4.56. The predicted octanol–water partition coefficient (Wildman–Crippen LogP) is 4.36. The Labute approximate surface area is 117 Å². The number of hydrogen-bond donors (Lipinski definition) is 1. The van der Waals surface area contributed by atoms with Gasteiger partial charge in [-0.05, 0) is 43.7 Å². The van der Waals surface area contributed by atoms with Gasteiger partial charge in [0, 0.05) is 6.54 Å². The van der Waals surface area contributed by atoms with Crippen LogP contribution in [0.25, 0.3) is 0 Å². The first-order chi connectivity index (χ1) is 9.56. The number of hydrogen-bond acceptors (Lipinski definition) is 2. The van der Waals surface area contributed by atoms with Gasteiger partial charge < -0.3 is 10.1 Å². The Bertz CT molecular complexity index is 584. The quantitative estimate of drug-likeness (QED) is 0.876. The molecule has 0 saturated carbocycles. The molecule has 0 amide bonds. The van der Waals surface area contributed by atoms with Crippen LogP contribution in [0, 0.1) is 11.6 Å². The molecule has 20 heavy (non-hydrogen) atoms. The predicted molar refractivity (Wildman–Crippen MR) is 75.9 cm³/mol. The number of halogens is 2. The van der Waals surface area contributed by atoms with Gasteiger partial charge in [-0.15, -0.1) is 0 Å². The molecule has 0 fully saturated rings. The molecule has 0 aliphatic rings. The maximum atomic E-state index is 13.1. The summed E-state index contributed by atoms with van der Waals surface area (Å²) in [5, 5.41) is 3.17. The molecule has 0 aliphatic carbocycles. The molecular weight excluding hydrogens is 260 g/mol. The van der Waals surface area contributed by atoms with Gasteiger partial charge in [0.05, 0.1) is 11.8 Å². The zero-order chi connectivity index (χ0) is 14.5. The van der Waals surface area contributed by atoms with Crippen LogP contribution in [0.15, 0.2) is 42.5 Å². The van der Waals surface area contributed by atoms with Crippen LogP contribution in [-0.4, -0.2) is 6.10 Å². The minimum atomic E-state index is -0.837. The molecule has 0 atom stereocenters. The number of anilines is 1. The average Bonchev–Trinajstić information content (AvgIpc) is 2.41. The molecule has 2 aromatic rings. The highest BCUT2D eigenvalue weighted by Gasteiger charge is 2.06. The van der Waals surface area contributed by atoms with Crippen LogP contribution in [0.3, 0.4) is 0 Å². The lowest BCUT2D eigenvalue weighted by atomic mass is 10.2. The second-order valence-electron chi connectivity index (χ2n) is 4.76. The van der Waals surface area contributed by atoms with E-state index in [-0.39, 0.29) is 6.10 Å². The number of para-hydroxylation sites is 2. The minimum Gasteiger partial charge on any atom is -0.489 e. The standard InChI is InChI=1S/C16H17F2NO/c1-11(2)20-16-6-4-3-5-15(16)19-10-12-7-8-13(17)14(18)9-12/h3-9,11,19H,10H2,1-2H3. The smallest absolute Gasteiger partial charge is 0.159 e. The van der Waals surface area contributed by atoms with E-state index in [1.807, 2.05) is 38.1 Å². The van der Waals surface area contributed by atoms with Crippen LogP contribution < -0.4 is 10.1 Å². The summed E-state index contributed by atoms with van der Waals surface area (Å²) in [5.41, 5.74) is 1.49. The fourth-order valence-electron chi connectivity index (χ4n) is 1.82. The van der Waals surface area contributed by atoms with Gasteiger partial charge in [-0.3, -0.25) is 0 Å². The van der Waals surface area contributed by atoms with Crippen LogP contribution >= 0.6 is 0 Å². The molecule has 4 heteroatoms. The van der Waals surface area contributed by atoms with E-state index in [0.717, 1.165) is 17.5 Å². The molecule has 0 aliphatic heterocycles. The first-order valence-electron chi connectivity index (χ1n) is 6.49. The van der Waals surface area contributed by atoms with Crippen molar-refractivity contribution < 1.29 is 13.5 Å². The van der Waals surface area contributed by atoms with E-state index in [2.05, 4.69) is 5.32 Å². The van der Waals surface area contributed by atoms with E-state index in [0.29, 0.717) is 12.1 Å². The first-order valence-corrected chi connectivity index (χ1v) is 6.49. The van der Waals surface area contributed by atoms with Crippen LogP contribution in [0.4, 0.5) is 14.5 Å². The van der Waals surface area contributed by atoms with Crippen molar-refractivity contribution in [1.82, 2.24) is 0 Å². The molecule has 0 aromatic heterocycles. The van der Waals surface area contributed by atoms with E-state index in [9.17, 15) is 8.78 Å². The van der Waals surface area contributed by atoms with Crippen molar-refractivity contribution in [2.45, 2.75) is 26.5 Å². The lowest BCUT2D eigenvalue weighted by Gasteiger charge is -2.15. The zero-order valence-electron chi connectivity index (χ0n) is 11.5. The summed E-state index contributed by atoms with van der Waals surface area (Å²) in [4.78, 5) is 0. The van der Waals surface area contributed by atoms with Gasteiger partial charge in [-0.1, -0.05) is 18.2 Å². The Morgan fingerprint density at radius 1 is 1.05 bits per heavy atom. The molecule has 0 heterocycles. The molecule has 0 radical (unpaired) electrons. The monoisotopic (exact) mass is 277 g/mol. The number of nitrogens with one attached hydrogen (secondary N) is 1. The Hall–Kier alpha value is -2.10. The van der Waals surface area contributed by atoms with E-state index < -0.39 is 11.6 Å². The van der Waals surface area contributed by atoms with Crippen LogP contribution in [0.2, 0.25) is 0 Å². The van der Waals surface area contributed by atoms with E-state index >= 15 is 0 Å². The average molecular weight is 277 g/mol. The second-order valence-corrected chi connectivity index (χ2v) is 4.76. The Morgan fingerprint density at radius 3 is 2.50 bits per heavy atom. The molecule has 0 spiro atoms. The van der Waals surface area contributed by atoms with E-state index in [1.165, 1.54) is 6.07 Å². The SMILES string of the molecule is CC(C)Oc1ccccc1NCc1ccc(F)c(F)c1. The summed E-state index contributed by atoms with van der Waals surface area (Å²) < 4.78 is 31.7. The lowest BCUT2D eigenvalue weighted by Crippen LogP contribution is -2.08. The molecule has 1 N–H and O–H groups in total. The topological polar surface area (TPSA) is 21.3 Å². The van der Waals surface area contributed by atoms with Crippen molar-refractivity contribution in [2.24, 2.45) is 0 Å². The van der Waals surface area contributed by atoms with Crippen molar-refractivity contribution in [1.29, 1.82) is 0 Å². The van der Waals surface area contributed by atoms with Gasteiger partial charge in [-0.25, -0.2) is 8.78 Å². The zero-order valence-corrected chi connectivity index (χ0v) is 11.5. The second kappa shape index (κ2) is 6.37. The molecular formula is C16H17F2NO. The van der Waals surface area contributed by atoms with Crippen molar-refractivity contribution in [3.05, 3.63) is 59.7 Å². The molecule has 0 unspecified atom stereocenters. The molecule has 2 nitrogen and oxygen atoms in total. The van der Waals surface area contributed by atoms with Crippen molar-refractivity contribution in [3.63, 3.8) is 0 Å². The van der Waals surface area contributed by atoms with E-state index in [1.54, 1.807) is 6.07 Å². The summed E-state index contributed by atoms with van der Waals surface area (Å²) in [6.45, 7) is 4.30. The van der Waals surface area contributed by atoms with Gasteiger partial charge in [0.25, 0.3) is 0 Å². The number of ether oxygens (including phenoxy) is 1. The number of rotatable bonds is 5. The fourth-order valence-corrected chi connectivity index (χ4v) is 1.82. The third-order valence-electron chi connectivity index (χ3n) is 2.72. The normalized spacial score (nSPS) is 10.7. The molecule has 2 rings (SSSR count). The minimum absolute atomic E-state index is 0.0706. The van der Waals surface area contributed by atoms with Crippen molar-refractivity contribution >= 4 is 5.69 Å². The molecule has 2 aromatic carbocycles. The van der Waals surface area contributed by atoms with Crippen molar-refractivity contribution in [3.8, 4) is 5.75 Å². The third kappa shape index (κ3) is 3.70. The van der Waals surface area contributed by atoms with Gasteiger partial charge in [-0.2, -0.15) is 0 Å². The Morgan fingerprint density at radius 2 is 1.80 bits per heavy atom.